The summed E-state index contributed by atoms with van der Waals surface area (Å²) in [6.07, 6.45) is -2.86. The number of esters is 4. The van der Waals surface area contributed by atoms with Gasteiger partial charge in [-0.25, -0.2) is 4.79 Å². The van der Waals surface area contributed by atoms with Crippen molar-refractivity contribution in [3.8, 4) is 0 Å². The Morgan fingerprint density at radius 1 is 0.977 bits per heavy atom. The van der Waals surface area contributed by atoms with Crippen molar-refractivity contribution in [3.63, 3.8) is 0 Å². The summed E-state index contributed by atoms with van der Waals surface area (Å²) >= 11 is 1.59. The molecule has 0 unspecified atom stereocenters. The topological polar surface area (TPSA) is 194 Å². The Labute approximate surface area is 254 Å². The third-order valence-corrected chi connectivity index (χ3v) is 6.63. The smallest absolute Gasteiger partial charge is 0.373 e. The maximum absolute atomic E-state index is 12.8. The molecule has 4 N–H and O–H groups in total. The number of hydrogen-bond donors (Lipinski definition) is 3. The van der Waals surface area contributed by atoms with Crippen LogP contribution in [0.5, 0.6) is 0 Å². The number of nitrogens with one attached hydrogen (secondary N) is 2. The van der Waals surface area contributed by atoms with Gasteiger partial charge in [0.2, 0.25) is 11.7 Å². The summed E-state index contributed by atoms with van der Waals surface area (Å²) in [6, 6.07) is 7.72. The van der Waals surface area contributed by atoms with E-state index >= 15 is 0 Å². The second kappa shape index (κ2) is 17.6. The van der Waals surface area contributed by atoms with E-state index in [0.29, 0.717) is 12.3 Å². The van der Waals surface area contributed by atoms with E-state index < -0.39 is 66.8 Å². The number of ether oxygens (including phenoxy) is 5. The number of carbonyl (C=O) groups is 5. The van der Waals surface area contributed by atoms with E-state index in [0.717, 1.165) is 25.7 Å². The van der Waals surface area contributed by atoms with Crippen LogP contribution in [0.4, 0.5) is 0 Å². The average molecular weight is 623 g/mol. The molecule has 0 bridgehead atoms. The van der Waals surface area contributed by atoms with Gasteiger partial charge in [0.25, 0.3) is 0 Å². The molecule has 1 heterocycles. The molecule has 5 atom stereocenters. The number of hydrogen-bond acceptors (Lipinski definition) is 12. The highest BCUT2D eigenvalue weighted by Gasteiger charge is 2.48. The van der Waals surface area contributed by atoms with Crippen LogP contribution in [0, 0.1) is 0 Å². The highest BCUT2D eigenvalue weighted by atomic mass is 32.2. The van der Waals surface area contributed by atoms with Gasteiger partial charge in [0.15, 0.2) is 24.3 Å². The molecule has 0 fully saturated rings. The van der Waals surface area contributed by atoms with Crippen LogP contribution in [-0.4, -0.2) is 91.7 Å². The molecular weight excluding hydrogens is 584 g/mol. The third kappa shape index (κ3) is 12.2. The Bertz CT molecular complexity index is 1190. The number of guanidine groups is 1. The lowest BCUT2D eigenvalue weighted by molar-refractivity contribution is -0.188. The van der Waals surface area contributed by atoms with E-state index in [-0.39, 0.29) is 18.3 Å². The van der Waals surface area contributed by atoms with Crippen LogP contribution in [0.25, 0.3) is 0 Å². The van der Waals surface area contributed by atoms with Gasteiger partial charge in [-0.15, -0.1) is 11.8 Å². The Balaban J connectivity index is 2.46. The summed E-state index contributed by atoms with van der Waals surface area (Å²) in [7, 11) is 0. The molecule has 15 heteroatoms. The standard InChI is InChI=1S/C28H38N4O10S/c1-6-38-27(37)22-14-21(32-28(29)30-12-13-43-20-10-8-7-9-11-20)24(31-16(2)33)26(42-22)25(41-19(5)36)23(40-18(4)35)15-39-17(3)34/h7-11,14,21,23-26H,6,12-13,15H2,1-5H3,(H,31,33)(H3,29,30,32)/t21-,23+,24+,25+,26+/m0/s1. The molecule has 0 spiro atoms. The lowest BCUT2D eigenvalue weighted by Gasteiger charge is -2.42. The fraction of sp³-hybridized carbons (Fsp3) is 0.500. The summed E-state index contributed by atoms with van der Waals surface area (Å²) in [5.74, 6) is -3.29. The third-order valence-electron chi connectivity index (χ3n) is 5.64. The predicted octanol–water partition coefficient (Wildman–Crippen LogP) is 0.829. The molecule has 2 rings (SSSR count). The number of aliphatic imine (C=N–C) groups is 1. The minimum atomic E-state index is -1.47. The largest absolute Gasteiger partial charge is 0.477 e. The minimum absolute atomic E-state index is 0.00499. The van der Waals surface area contributed by atoms with Crippen molar-refractivity contribution in [2.45, 2.75) is 69.9 Å². The van der Waals surface area contributed by atoms with Gasteiger partial charge >= 0.3 is 23.9 Å². The van der Waals surface area contributed by atoms with Crippen molar-refractivity contribution < 1.29 is 47.7 Å². The molecular formula is C28H38N4O10S. The first-order chi connectivity index (χ1) is 20.4. The summed E-state index contributed by atoms with van der Waals surface area (Å²) in [6.45, 7) is 6.07. The van der Waals surface area contributed by atoms with Gasteiger partial charge in [-0.2, -0.15) is 0 Å². The Morgan fingerprint density at radius 2 is 1.65 bits per heavy atom. The van der Waals surface area contributed by atoms with Crippen molar-refractivity contribution in [2.75, 3.05) is 25.5 Å². The van der Waals surface area contributed by atoms with Crippen LogP contribution in [0.1, 0.15) is 34.6 Å². The SMILES string of the molecule is CCOC(=O)C1=C[C@H](NC(N)=NCCSc2ccccc2)[C@@H](NC(C)=O)[C@H]([C@H](OC(C)=O)[C@@H](COC(C)=O)OC(C)=O)O1. The maximum atomic E-state index is 12.8. The second-order valence-electron chi connectivity index (χ2n) is 9.18. The zero-order valence-corrected chi connectivity index (χ0v) is 25.5. The van der Waals surface area contributed by atoms with Crippen molar-refractivity contribution in [1.82, 2.24) is 10.6 Å². The van der Waals surface area contributed by atoms with E-state index in [9.17, 15) is 24.0 Å². The zero-order valence-electron chi connectivity index (χ0n) is 24.7. The van der Waals surface area contributed by atoms with E-state index in [4.69, 9.17) is 29.4 Å². The Morgan fingerprint density at radius 3 is 2.23 bits per heavy atom. The van der Waals surface area contributed by atoms with Gasteiger partial charge in [0.1, 0.15) is 6.61 Å². The molecule has 0 aliphatic carbocycles. The second-order valence-corrected chi connectivity index (χ2v) is 10.4. The van der Waals surface area contributed by atoms with Crippen LogP contribution in [-0.2, 0) is 47.7 Å². The van der Waals surface area contributed by atoms with Crippen molar-refractivity contribution in [2.24, 2.45) is 10.7 Å². The number of benzene rings is 1. The van der Waals surface area contributed by atoms with Gasteiger partial charge in [-0.1, -0.05) is 18.2 Å². The molecule has 1 aliphatic heterocycles. The Kier molecular flexibility index (Phi) is 14.3. The number of nitrogens with two attached hydrogens (primary N) is 1. The van der Waals surface area contributed by atoms with E-state index in [1.165, 1.54) is 13.0 Å². The van der Waals surface area contributed by atoms with E-state index in [1.807, 2.05) is 30.3 Å². The fourth-order valence-corrected chi connectivity index (χ4v) is 4.84. The van der Waals surface area contributed by atoms with Gasteiger partial charge in [-0.3, -0.25) is 24.2 Å². The number of thioether (sulfide) groups is 1. The molecule has 14 nitrogen and oxygen atoms in total. The summed E-state index contributed by atoms with van der Waals surface area (Å²) < 4.78 is 27.0. The van der Waals surface area contributed by atoms with Gasteiger partial charge in [0.05, 0.1) is 25.2 Å². The molecule has 1 aliphatic rings. The fourth-order valence-electron chi connectivity index (χ4n) is 4.08. The normalized spacial score (nSPS) is 19.4. The van der Waals surface area contributed by atoms with Gasteiger partial charge in [-0.05, 0) is 25.1 Å². The molecule has 1 aromatic carbocycles. The van der Waals surface area contributed by atoms with Gasteiger partial charge in [0, 0.05) is 38.3 Å². The zero-order chi connectivity index (χ0) is 31.9. The molecule has 0 saturated carbocycles. The molecule has 0 radical (unpaired) electrons. The van der Waals surface area contributed by atoms with E-state index in [2.05, 4.69) is 15.6 Å². The minimum Gasteiger partial charge on any atom is -0.477 e. The van der Waals surface area contributed by atoms with E-state index in [1.54, 1.807) is 18.7 Å². The molecule has 0 aromatic heterocycles. The van der Waals surface area contributed by atoms with Crippen LogP contribution in [0.15, 0.2) is 52.1 Å². The van der Waals surface area contributed by atoms with Crippen molar-refractivity contribution in [1.29, 1.82) is 0 Å². The average Bonchev–Trinajstić information content (AvgIpc) is 2.93. The molecule has 236 valence electrons. The number of nitrogens with zero attached hydrogens (tertiary/aromatic N) is 1. The lowest BCUT2D eigenvalue weighted by atomic mass is 9.91. The first kappa shape index (κ1) is 34.9. The van der Waals surface area contributed by atoms with Crippen LogP contribution >= 0.6 is 11.8 Å². The highest BCUT2D eigenvalue weighted by molar-refractivity contribution is 7.99. The highest BCUT2D eigenvalue weighted by Crippen LogP contribution is 2.27. The lowest BCUT2D eigenvalue weighted by Crippen LogP contribution is -2.65. The molecule has 0 saturated heterocycles. The Hall–Kier alpha value is -4.27. The van der Waals surface area contributed by atoms with Crippen molar-refractivity contribution in [3.05, 3.63) is 42.2 Å². The summed E-state index contributed by atoms with van der Waals surface area (Å²) in [4.78, 5) is 66.3. The monoisotopic (exact) mass is 622 g/mol. The summed E-state index contributed by atoms with van der Waals surface area (Å²) in [5, 5.41) is 5.69. The van der Waals surface area contributed by atoms with Crippen LogP contribution in [0.2, 0.25) is 0 Å². The van der Waals surface area contributed by atoms with Gasteiger partial charge < -0.3 is 40.1 Å². The predicted molar refractivity (Wildman–Crippen MR) is 156 cm³/mol. The first-order valence-corrected chi connectivity index (χ1v) is 14.4. The molecule has 1 amide bonds. The molecule has 43 heavy (non-hydrogen) atoms. The summed E-state index contributed by atoms with van der Waals surface area (Å²) in [5.41, 5.74) is 6.18. The maximum Gasteiger partial charge on any atom is 0.373 e. The molecule has 1 aromatic rings. The number of rotatable bonds is 14. The van der Waals surface area contributed by atoms with Crippen LogP contribution < -0.4 is 16.4 Å². The first-order valence-electron chi connectivity index (χ1n) is 13.5. The van der Waals surface area contributed by atoms with Crippen molar-refractivity contribution >= 4 is 47.5 Å². The number of amides is 1. The quantitative estimate of drug-likeness (QED) is 0.0660. The number of carbonyl (C=O) groups excluding carboxylic acids is 5. The van der Waals surface area contributed by atoms with Crippen LogP contribution in [0.3, 0.4) is 0 Å².